The Bertz CT molecular complexity index is 1180. The van der Waals surface area contributed by atoms with Crippen molar-refractivity contribution >= 4 is 5.57 Å². The van der Waals surface area contributed by atoms with Crippen LogP contribution in [0.3, 0.4) is 0 Å². The summed E-state index contributed by atoms with van der Waals surface area (Å²) in [5.74, 6) is 3.59. The van der Waals surface area contributed by atoms with Gasteiger partial charge in [0.2, 0.25) is 0 Å². The van der Waals surface area contributed by atoms with Crippen LogP contribution in [-0.4, -0.2) is 33.0 Å². The normalized spacial score (nSPS) is 30.9. The highest BCUT2D eigenvalue weighted by Crippen LogP contribution is 2.56. The van der Waals surface area contributed by atoms with E-state index >= 15 is 0 Å². The first-order chi connectivity index (χ1) is 16.3. The van der Waals surface area contributed by atoms with E-state index < -0.39 is 0 Å². The van der Waals surface area contributed by atoms with Crippen molar-refractivity contribution in [1.29, 1.82) is 0 Å². The fourth-order valence-corrected chi connectivity index (χ4v) is 6.34. The summed E-state index contributed by atoms with van der Waals surface area (Å²) in [7, 11) is 0. The molecule has 4 aliphatic rings. The number of allylic oxidation sites excluding steroid dienone is 2. The van der Waals surface area contributed by atoms with E-state index in [0.717, 1.165) is 49.2 Å². The smallest absolute Gasteiger partial charge is 0.127 e. The van der Waals surface area contributed by atoms with Crippen molar-refractivity contribution in [3.05, 3.63) is 65.6 Å². The van der Waals surface area contributed by atoms with Crippen molar-refractivity contribution in [2.45, 2.75) is 62.4 Å². The lowest BCUT2D eigenvalue weighted by molar-refractivity contribution is 0.550. The lowest BCUT2D eigenvalue weighted by Crippen LogP contribution is -2.26. The van der Waals surface area contributed by atoms with Crippen LogP contribution in [0.4, 0.5) is 0 Å². The van der Waals surface area contributed by atoms with Crippen LogP contribution in [0.2, 0.25) is 0 Å². The second-order valence-corrected chi connectivity index (χ2v) is 10.4. The average molecular weight is 441 g/mol. The van der Waals surface area contributed by atoms with E-state index in [1.54, 1.807) is 0 Å². The van der Waals surface area contributed by atoms with Crippen LogP contribution in [0.1, 0.15) is 79.8 Å². The molecule has 6 heteroatoms. The van der Waals surface area contributed by atoms with Crippen molar-refractivity contribution in [2.75, 3.05) is 13.1 Å². The van der Waals surface area contributed by atoms with Gasteiger partial charge in [0.25, 0.3) is 0 Å². The van der Waals surface area contributed by atoms with Crippen molar-refractivity contribution in [1.82, 2.24) is 30.6 Å². The van der Waals surface area contributed by atoms with Crippen molar-refractivity contribution in [3.63, 3.8) is 0 Å². The number of aromatic amines is 2. The molecule has 2 aromatic heterocycles. The molecule has 0 spiro atoms. The number of rotatable bonds is 5. The Kier molecular flexibility index (Phi) is 4.59. The molecule has 170 valence electrons. The quantitative estimate of drug-likeness (QED) is 0.460. The Morgan fingerprint density at radius 2 is 1.82 bits per heavy atom. The second-order valence-electron chi connectivity index (χ2n) is 10.4. The number of nitrogens with one attached hydrogen (secondary N) is 4. The monoisotopic (exact) mass is 440 g/mol. The fourth-order valence-electron chi connectivity index (χ4n) is 6.34. The van der Waals surface area contributed by atoms with Gasteiger partial charge in [0.05, 0.1) is 35.4 Å². The van der Waals surface area contributed by atoms with Crippen molar-refractivity contribution < 1.29 is 0 Å². The van der Waals surface area contributed by atoms with Crippen LogP contribution < -0.4 is 10.6 Å². The van der Waals surface area contributed by atoms with Crippen LogP contribution in [0, 0.1) is 5.92 Å². The average Bonchev–Trinajstić information content (AvgIpc) is 3.51. The molecule has 1 aromatic carbocycles. The molecule has 33 heavy (non-hydrogen) atoms. The van der Waals surface area contributed by atoms with Crippen molar-refractivity contribution in [3.8, 4) is 11.3 Å². The summed E-state index contributed by atoms with van der Waals surface area (Å²) in [4.78, 5) is 16.6. The van der Waals surface area contributed by atoms with Gasteiger partial charge in [-0.25, -0.2) is 9.97 Å². The third kappa shape index (κ3) is 3.39. The lowest BCUT2D eigenvalue weighted by Gasteiger charge is -2.22. The van der Waals surface area contributed by atoms with Gasteiger partial charge in [-0.1, -0.05) is 30.3 Å². The third-order valence-electron chi connectivity index (χ3n) is 8.47. The number of aromatic nitrogens is 4. The molecule has 2 aliphatic heterocycles. The van der Waals surface area contributed by atoms with Gasteiger partial charge in [-0.3, -0.25) is 0 Å². The summed E-state index contributed by atoms with van der Waals surface area (Å²) in [6, 6.07) is 9.54. The first-order valence-corrected chi connectivity index (χ1v) is 12.7. The van der Waals surface area contributed by atoms with Crippen LogP contribution in [0.25, 0.3) is 16.8 Å². The van der Waals surface area contributed by atoms with E-state index in [2.05, 4.69) is 55.9 Å². The number of hydrogen-bond acceptors (Lipinski definition) is 4. The standard InChI is InChI=1S/C27H32N6/c1-2-22(28-12-1)25-29-15-23(32-25)19-7-3-17(4-8-19)18-5-9-20(10-6-18)24-16-30-26(33-24)27-14-21(27)11-13-31-27/h5-7,9-10,15-17,21-22,28,31H,1-4,8,11-14H2,(H,29,32)(H,30,33)/t17?,21?,22-,27?/m0/s1. The SMILES string of the molecule is C1=C(c2cnc([C@@H]3CCCN3)[nH]2)CCC(c2ccc(-c3cnc(C45CC4CCN5)[nH]3)cc2)C1. The maximum absolute atomic E-state index is 4.73. The van der Waals surface area contributed by atoms with E-state index in [-0.39, 0.29) is 5.54 Å². The summed E-state index contributed by atoms with van der Waals surface area (Å²) in [5.41, 5.74) is 6.56. The van der Waals surface area contributed by atoms with Gasteiger partial charge in [-0.15, -0.1) is 0 Å². The number of piperidine rings is 1. The van der Waals surface area contributed by atoms with Gasteiger partial charge in [0, 0.05) is 0 Å². The molecule has 4 atom stereocenters. The second kappa shape index (κ2) is 7.67. The number of nitrogens with zero attached hydrogens (tertiary/aromatic N) is 2. The molecule has 4 heterocycles. The minimum Gasteiger partial charge on any atom is -0.341 e. The summed E-state index contributed by atoms with van der Waals surface area (Å²) in [5, 5.41) is 7.19. The molecular formula is C27H32N6. The molecule has 2 aliphatic carbocycles. The molecule has 4 N–H and O–H groups in total. The number of H-pyrrole nitrogens is 2. The van der Waals surface area contributed by atoms with Gasteiger partial charge in [-0.2, -0.15) is 0 Å². The molecule has 6 nitrogen and oxygen atoms in total. The van der Waals surface area contributed by atoms with Gasteiger partial charge < -0.3 is 20.6 Å². The number of benzene rings is 1. The number of imidazole rings is 2. The Morgan fingerprint density at radius 3 is 2.55 bits per heavy atom. The molecule has 3 unspecified atom stereocenters. The van der Waals surface area contributed by atoms with Crippen LogP contribution >= 0.6 is 0 Å². The highest BCUT2D eigenvalue weighted by Gasteiger charge is 2.60. The molecular weight excluding hydrogens is 408 g/mol. The van der Waals surface area contributed by atoms with Crippen LogP contribution in [0.5, 0.6) is 0 Å². The number of hydrogen-bond donors (Lipinski definition) is 4. The summed E-state index contributed by atoms with van der Waals surface area (Å²) in [6.45, 7) is 2.22. The van der Waals surface area contributed by atoms with Crippen LogP contribution in [0.15, 0.2) is 42.7 Å². The predicted molar refractivity (Wildman–Crippen MR) is 130 cm³/mol. The van der Waals surface area contributed by atoms with Crippen molar-refractivity contribution in [2.24, 2.45) is 5.92 Å². The maximum atomic E-state index is 4.73. The highest BCUT2D eigenvalue weighted by molar-refractivity contribution is 5.64. The van der Waals surface area contributed by atoms with E-state index in [0.29, 0.717) is 12.0 Å². The Morgan fingerprint density at radius 1 is 0.909 bits per heavy atom. The molecule has 3 fully saturated rings. The molecule has 7 rings (SSSR count). The molecule has 0 radical (unpaired) electrons. The Labute approximate surface area is 194 Å². The minimum absolute atomic E-state index is 0.146. The molecule has 1 saturated carbocycles. The maximum Gasteiger partial charge on any atom is 0.127 e. The summed E-state index contributed by atoms with van der Waals surface area (Å²) >= 11 is 0. The predicted octanol–water partition coefficient (Wildman–Crippen LogP) is 4.78. The molecule has 2 saturated heterocycles. The largest absolute Gasteiger partial charge is 0.341 e. The van der Waals surface area contributed by atoms with E-state index in [4.69, 9.17) is 4.98 Å². The zero-order valence-electron chi connectivity index (χ0n) is 19.0. The van der Waals surface area contributed by atoms with E-state index in [1.165, 1.54) is 54.5 Å². The third-order valence-corrected chi connectivity index (χ3v) is 8.47. The Balaban J connectivity index is 1.02. The molecule has 3 aromatic rings. The zero-order chi connectivity index (χ0) is 21.8. The first-order valence-electron chi connectivity index (χ1n) is 12.7. The number of fused-ring (bicyclic) bond motifs is 1. The first kappa shape index (κ1) is 19.7. The summed E-state index contributed by atoms with van der Waals surface area (Å²) in [6.07, 6.45) is 14.8. The topological polar surface area (TPSA) is 81.4 Å². The molecule has 0 bridgehead atoms. The van der Waals surface area contributed by atoms with E-state index in [1.807, 2.05) is 12.4 Å². The lowest BCUT2D eigenvalue weighted by atomic mass is 9.83. The van der Waals surface area contributed by atoms with E-state index in [9.17, 15) is 0 Å². The molecule has 0 amide bonds. The van der Waals surface area contributed by atoms with Gasteiger partial charge in [-0.05, 0) is 86.6 Å². The minimum atomic E-state index is 0.146. The van der Waals surface area contributed by atoms with Gasteiger partial charge >= 0.3 is 0 Å². The van der Waals surface area contributed by atoms with Gasteiger partial charge in [0.15, 0.2) is 0 Å². The van der Waals surface area contributed by atoms with Gasteiger partial charge in [0.1, 0.15) is 11.6 Å². The fraction of sp³-hybridized carbons (Fsp3) is 0.481. The van der Waals surface area contributed by atoms with Crippen LogP contribution in [-0.2, 0) is 5.54 Å². The zero-order valence-corrected chi connectivity index (χ0v) is 19.0. The summed E-state index contributed by atoms with van der Waals surface area (Å²) < 4.78 is 0. The highest BCUT2D eigenvalue weighted by atomic mass is 15.2. The Hall–Kier alpha value is -2.70.